The number of esters is 1. The molecule has 1 amide bonds. The Kier molecular flexibility index (Phi) is 7.09. The van der Waals surface area contributed by atoms with E-state index < -0.39 is 12.0 Å². The van der Waals surface area contributed by atoms with Gasteiger partial charge in [0.25, 0.3) is 5.91 Å². The van der Waals surface area contributed by atoms with Crippen LogP contribution in [0.15, 0.2) is 42.5 Å². The van der Waals surface area contributed by atoms with Gasteiger partial charge < -0.3 is 15.8 Å². The molecular formula is C20H24N2O3S. The topological polar surface area (TPSA) is 81.4 Å². The highest BCUT2D eigenvalue weighted by molar-refractivity contribution is 7.98. The number of aryl methyl sites for hydroxylation is 1. The second kappa shape index (κ2) is 9.29. The van der Waals surface area contributed by atoms with Gasteiger partial charge in [-0.05, 0) is 60.2 Å². The summed E-state index contributed by atoms with van der Waals surface area (Å²) >= 11 is 1.61. The average Bonchev–Trinajstić information content (AvgIpc) is 2.64. The number of amides is 1. The molecule has 138 valence electrons. The van der Waals surface area contributed by atoms with Crippen molar-refractivity contribution in [2.24, 2.45) is 0 Å². The zero-order chi connectivity index (χ0) is 19.1. The van der Waals surface area contributed by atoms with Gasteiger partial charge in [0.1, 0.15) is 6.04 Å². The molecule has 1 atom stereocenters. The van der Waals surface area contributed by atoms with Gasteiger partial charge in [0.05, 0.1) is 7.11 Å². The first-order valence-corrected chi connectivity index (χ1v) is 9.70. The standard InChI is InChI=1S/C20H24N2O3S/c1-13-6-4-5-7-15(13)17-12-14(21)8-9-16(17)19(23)22-18(10-11-26-3)20(24)25-2/h4-9,12,18H,10-11,21H2,1-3H3,(H,22,23). The molecule has 6 heteroatoms. The van der Waals surface area contributed by atoms with E-state index in [9.17, 15) is 9.59 Å². The molecule has 1 unspecified atom stereocenters. The molecule has 0 saturated heterocycles. The lowest BCUT2D eigenvalue weighted by Crippen LogP contribution is -2.42. The van der Waals surface area contributed by atoms with Crippen LogP contribution >= 0.6 is 11.8 Å². The van der Waals surface area contributed by atoms with Crippen LogP contribution in [0.2, 0.25) is 0 Å². The van der Waals surface area contributed by atoms with Crippen LogP contribution in [0.3, 0.4) is 0 Å². The highest BCUT2D eigenvalue weighted by Crippen LogP contribution is 2.29. The van der Waals surface area contributed by atoms with E-state index in [0.29, 0.717) is 17.7 Å². The zero-order valence-electron chi connectivity index (χ0n) is 15.2. The molecule has 2 aromatic rings. The number of nitrogens with two attached hydrogens (primary N) is 1. The second-order valence-electron chi connectivity index (χ2n) is 5.95. The highest BCUT2D eigenvalue weighted by Gasteiger charge is 2.23. The minimum absolute atomic E-state index is 0.320. The Morgan fingerprint density at radius 3 is 2.58 bits per heavy atom. The van der Waals surface area contributed by atoms with Gasteiger partial charge in [-0.15, -0.1) is 0 Å². The van der Waals surface area contributed by atoms with Crippen molar-refractivity contribution in [3.63, 3.8) is 0 Å². The first kappa shape index (κ1) is 19.8. The number of hydrogen-bond donors (Lipinski definition) is 2. The number of ether oxygens (including phenoxy) is 1. The van der Waals surface area contributed by atoms with Crippen molar-refractivity contribution in [3.8, 4) is 11.1 Å². The van der Waals surface area contributed by atoms with Gasteiger partial charge in [0.15, 0.2) is 0 Å². The van der Waals surface area contributed by atoms with Crippen LogP contribution in [0.4, 0.5) is 5.69 Å². The number of benzene rings is 2. The largest absolute Gasteiger partial charge is 0.467 e. The number of nitrogens with one attached hydrogen (secondary N) is 1. The third-order valence-electron chi connectivity index (χ3n) is 4.13. The van der Waals surface area contributed by atoms with Gasteiger partial charge in [-0.2, -0.15) is 11.8 Å². The molecule has 5 nitrogen and oxygen atoms in total. The first-order chi connectivity index (χ1) is 12.5. The van der Waals surface area contributed by atoms with Crippen LogP contribution < -0.4 is 11.1 Å². The van der Waals surface area contributed by atoms with Crippen LogP contribution in [-0.2, 0) is 9.53 Å². The molecule has 0 spiro atoms. The Bertz CT molecular complexity index is 792. The maximum Gasteiger partial charge on any atom is 0.328 e. The van der Waals surface area contributed by atoms with E-state index in [2.05, 4.69) is 5.32 Å². The van der Waals surface area contributed by atoms with E-state index in [4.69, 9.17) is 10.5 Å². The Balaban J connectivity index is 2.37. The van der Waals surface area contributed by atoms with Crippen LogP contribution in [-0.4, -0.2) is 37.0 Å². The van der Waals surface area contributed by atoms with E-state index in [1.807, 2.05) is 37.4 Å². The van der Waals surface area contributed by atoms with Crippen molar-refractivity contribution >= 4 is 29.3 Å². The SMILES string of the molecule is COC(=O)C(CCSC)NC(=O)c1ccc(N)cc1-c1ccccc1C. The monoisotopic (exact) mass is 372 g/mol. The summed E-state index contributed by atoms with van der Waals surface area (Å²) in [7, 11) is 1.32. The van der Waals surface area contributed by atoms with Crippen LogP contribution in [0, 0.1) is 6.92 Å². The lowest BCUT2D eigenvalue weighted by Gasteiger charge is -2.18. The molecule has 2 aromatic carbocycles. The predicted octanol–water partition coefficient (Wildman–Crippen LogP) is 3.27. The molecule has 0 fully saturated rings. The minimum Gasteiger partial charge on any atom is -0.467 e. The number of carbonyl (C=O) groups is 2. The number of carbonyl (C=O) groups excluding carboxylic acids is 2. The first-order valence-electron chi connectivity index (χ1n) is 8.31. The summed E-state index contributed by atoms with van der Waals surface area (Å²) < 4.78 is 4.82. The number of nitrogen functional groups attached to an aromatic ring is 1. The van der Waals surface area contributed by atoms with Gasteiger partial charge in [0, 0.05) is 11.3 Å². The fraction of sp³-hybridized carbons (Fsp3) is 0.300. The summed E-state index contributed by atoms with van der Waals surface area (Å²) in [5.41, 5.74) is 9.72. The molecule has 0 bridgehead atoms. The molecular weight excluding hydrogens is 348 g/mol. The summed E-state index contributed by atoms with van der Waals surface area (Å²) in [6, 6.07) is 12.3. The van der Waals surface area contributed by atoms with E-state index in [1.165, 1.54) is 7.11 Å². The van der Waals surface area contributed by atoms with Crippen molar-refractivity contribution in [2.75, 3.05) is 24.9 Å². The zero-order valence-corrected chi connectivity index (χ0v) is 16.1. The average molecular weight is 372 g/mol. The Morgan fingerprint density at radius 2 is 1.92 bits per heavy atom. The van der Waals surface area contributed by atoms with E-state index in [1.54, 1.807) is 30.0 Å². The van der Waals surface area contributed by atoms with Crippen molar-refractivity contribution in [3.05, 3.63) is 53.6 Å². The van der Waals surface area contributed by atoms with Crippen molar-refractivity contribution in [2.45, 2.75) is 19.4 Å². The lowest BCUT2D eigenvalue weighted by atomic mass is 9.95. The maximum atomic E-state index is 12.9. The molecule has 2 rings (SSSR count). The van der Waals surface area contributed by atoms with Crippen molar-refractivity contribution in [1.82, 2.24) is 5.32 Å². The molecule has 0 radical (unpaired) electrons. The summed E-state index contributed by atoms with van der Waals surface area (Å²) in [5, 5.41) is 2.80. The van der Waals surface area contributed by atoms with E-state index >= 15 is 0 Å². The van der Waals surface area contributed by atoms with Gasteiger partial charge in [-0.3, -0.25) is 4.79 Å². The minimum atomic E-state index is -0.678. The molecule has 3 N–H and O–H groups in total. The van der Waals surface area contributed by atoms with Crippen molar-refractivity contribution in [1.29, 1.82) is 0 Å². The molecule has 0 aliphatic heterocycles. The van der Waals surface area contributed by atoms with Crippen molar-refractivity contribution < 1.29 is 14.3 Å². The predicted molar refractivity (Wildman–Crippen MR) is 107 cm³/mol. The number of thioether (sulfide) groups is 1. The maximum absolute atomic E-state index is 12.9. The molecule has 0 aliphatic carbocycles. The molecule has 0 heterocycles. The summed E-state index contributed by atoms with van der Waals surface area (Å²) in [4.78, 5) is 24.9. The lowest BCUT2D eigenvalue weighted by molar-refractivity contribution is -0.142. The highest BCUT2D eigenvalue weighted by atomic mass is 32.2. The Hall–Kier alpha value is -2.47. The normalized spacial score (nSPS) is 11.7. The van der Waals surface area contributed by atoms with Gasteiger partial charge >= 0.3 is 5.97 Å². The number of hydrogen-bond acceptors (Lipinski definition) is 5. The fourth-order valence-electron chi connectivity index (χ4n) is 2.72. The van der Waals surface area contributed by atoms with E-state index in [0.717, 1.165) is 22.4 Å². The van der Waals surface area contributed by atoms with Crippen LogP contribution in [0.25, 0.3) is 11.1 Å². The quantitative estimate of drug-likeness (QED) is 0.576. The molecule has 0 aromatic heterocycles. The molecule has 0 saturated carbocycles. The fourth-order valence-corrected chi connectivity index (χ4v) is 3.19. The summed E-state index contributed by atoms with van der Waals surface area (Å²) in [5.74, 6) is -0.0214. The Labute approximate surface area is 158 Å². The number of methoxy groups -OCH3 is 1. The van der Waals surface area contributed by atoms with Gasteiger partial charge in [0.2, 0.25) is 0 Å². The third-order valence-corrected chi connectivity index (χ3v) is 4.77. The van der Waals surface area contributed by atoms with Gasteiger partial charge in [-0.1, -0.05) is 24.3 Å². The number of anilines is 1. The smallest absolute Gasteiger partial charge is 0.328 e. The molecule has 0 aliphatic rings. The van der Waals surface area contributed by atoms with E-state index in [-0.39, 0.29) is 5.91 Å². The van der Waals surface area contributed by atoms with Crippen LogP contribution in [0.5, 0.6) is 0 Å². The molecule has 26 heavy (non-hydrogen) atoms. The summed E-state index contributed by atoms with van der Waals surface area (Å²) in [6.07, 6.45) is 2.46. The van der Waals surface area contributed by atoms with Gasteiger partial charge in [-0.25, -0.2) is 4.79 Å². The third kappa shape index (κ3) is 4.79. The Morgan fingerprint density at radius 1 is 1.19 bits per heavy atom. The van der Waals surface area contributed by atoms with Crippen LogP contribution in [0.1, 0.15) is 22.3 Å². The second-order valence-corrected chi connectivity index (χ2v) is 6.94. The number of rotatable bonds is 7. The summed E-state index contributed by atoms with van der Waals surface area (Å²) in [6.45, 7) is 1.98.